The molecule has 0 saturated carbocycles. The summed E-state index contributed by atoms with van der Waals surface area (Å²) in [6, 6.07) is 16.9. The molecule has 1 aliphatic heterocycles. The average Bonchev–Trinajstić information content (AvgIpc) is 2.66. The topological polar surface area (TPSA) is 79.9 Å². The molecule has 0 atom stereocenters. The lowest BCUT2D eigenvalue weighted by Gasteiger charge is -2.40. The second-order valence-electron chi connectivity index (χ2n) is 6.27. The van der Waals surface area contributed by atoms with Gasteiger partial charge in [0.25, 0.3) is 0 Å². The van der Waals surface area contributed by atoms with Crippen LogP contribution in [0.2, 0.25) is 0 Å². The smallest absolute Gasteiger partial charge is 0.407 e. The lowest BCUT2D eigenvalue weighted by atomic mass is 10.1. The van der Waals surface area contributed by atoms with Gasteiger partial charge in [-0.3, -0.25) is 4.79 Å². The maximum Gasteiger partial charge on any atom is 0.407 e. The molecular weight excluding hydrogens is 346 g/mol. The third-order valence-electron chi connectivity index (χ3n) is 4.30. The molecule has 1 saturated heterocycles. The monoisotopic (exact) mass is 369 g/mol. The number of hydrogen-bond acceptors (Lipinski definition) is 5. The van der Waals surface area contributed by atoms with Gasteiger partial charge in [-0.15, -0.1) is 0 Å². The van der Waals surface area contributed by atoms with Crippen molar-refractivity contribution in [2.24, 2.45) is 0 Å². The molecule has 1 heterocycles. The van der Waals surface area contributed by atoms with Crippen LogP contribution in [0.5, 0.6) is 0 Å². The number of benzene rings is 2. The van der Waals surface area contributed by atoms with Crippen molar-refractivity contribution in [3.05, 3.63) is 60.2 Å². The number of hydrogen-bond donors (Lipinski definition) is 2. The van der Waals surface area contributed by atoms with Gasteiger partial charge in [0.2, 0.25) is 5.91 Å². The van der Waals surface area contributed by atoms with Crippen molar-refractivity contribution in [3.8, 4) is 0 Å². The first-order valence-corrected chi connectivity index (χ1v) is 8.76. The first-order chi connectivity index (χ1) is 13.1. The van der Waals surface area contributed by atoms with Gasteiger partial charge in [-0.05, 0) is 29.8 Å². The Morgan fingerprint density at radius 3 is 2.44 bits per heavy atom. The van der Waals surface area contributed by atoms with E-state index < -0.39 is 6.09 Å². The van der Waals surface area contributed by atoms with Crippen LogP contribution >= 0.6 is 0 Å². The third-order valence-corrected chi connectivity index (χ3v) is 4.30. The van der Waals surface area contributed by atoms with Gasteiger partial charge in [0.1, 0.15) is 13.2 Å². The number of alkyl carbamates (subject to hydrolysis) is 1. The highest BCUT2D eigenvalue weighted by molar-refractivity contribution is 5.94. The van der Waals surface area contributed by atoms with Crippen molar-refractivity contribution >= 4 is 23.4 Å². The summed E-state index contributed by atoms with van der Waals surface area (Å²) >= 11 is 0. The predicted octanol–water partition coefficient (Wildman–Crippen LogP) is 2.39. The summed E-state index contributed by atoms with van der Waals surface area (Å²) in [5.74, 6) is -0.317. The summed E-state index contributed by atoms with van der Waals surface area (Å²) in [5.41, 5.74) is 2.65. The molecule has 1 aliphatic rings. The minimum atomic E-state index is -0.630. The van der Waals surface area contributed by atoms with Gasteiger partial charge in [0.15, 0.2) is 0 Å². The molecule has 2 aromatic rings. The Labute approximate surface area is 158 Å². The molecule has 0 unspecified atom stereocenters. The Bertz CT molecular complexity index is 759. The normalized spacial score (nSPS) is 13.6. The molecule has 0 spiro atoms. The van der Waals surface area contributed by atoms with Gasteiger partial charge in [0.05, 0.1) is 6.10 Å². The quantitative estimate of drug-likeness (QED) is 0.783. The summed E-state index contributed by atoms with van der Waals surface area (Å²) in [4.78, 5) is 25.8. The summed E-state index contributed by atoms with van der Waals surface area (Å²) in [5, 5.41) is 5.18. The summed E-state index contributed by atoms with van der Waals surface area (Å²) in [6.07, 6.45) is -0.341. The minimum absolute atomic E-state index is 0.156. The molecule has 0 aliphatic carbocycles. The molecule has 142 valence electrons. The number of ether oxygens (including phenoxy) is 2. The number of methoxy groups -OCH3 is 1. The van der Waals surface area contributed by atoms with Crippen molar-refractivity contribution < 1.29 is 19.1 Å². The molecular formula is C20H23N3O4. The van der Waals surface area contributed by atoms with Crippen molar-refractivity contribution in [2.45, 2.75) is 12.7 Å². The molecule has 3 rings (SSSR count). The highest BCUT2D eigenvalue weighted by Crippen LogP contribution is 2.23. The van der Waals surface area contributed by atoms with Gasteiger partial charge in [-0.2, -0.15) is 0 Å². The first kappa shape index (κ1) is 18.7. The Morgan fingerprint density at radius 1 is 1.07 bits per heavy atom. The number of anilines is 2. The lowest BCUT2D eigenvalue weighted by molar-refractivity contribution is -0.115. The molecule has 0 bridgehead atoms. The van der Waals surface area contributed by atoms with Crippen molar-refractivity contribution in [1.29, 1.82) is 0 Å². The van der Waals surface area contributed by atoms with E-state index in [4.69, 9.17) is 9.47 Å². The van der Waals surface area contributed by atoms with Crippen LogP contribution in [0.1, 0.15) is 5.56 Å². The van der Waals surface area contributed by atoms with Gasteiger partial charge in [-0.25, -0.2) is 4.79 Å². The molecule has 27 heavy (non-hydrogen) atoms. The molecule has 2 N–H and O–H groups in total. The van der Waals surface area contributed by atoms with Crippen LogP contribution in [-0.4, -0.2) is 44.8 Å². The molecule has 7 nitrogen and oxygen atoms in total. The molecule has 0 radical (unpaired) electrons. The fourth-order valence-corrected chi connectivity index (χ4v) is 2.69. The van der Waals surface area contributed by atoms with E-state index in [1.807, 2.05) is 54.6 Å². The van der Waals surface area contributed by atoms with Crippen LogP contribution in [0, 0.1) is 0 Å². The summed E-state index contributed by atoms with van der Waals surface area (Å²) in [7, 11) is 1.71. The van der Waals surface area contributed by atoms with Crippen LogP contribution in [0.3, 0.4) is 0 Å². The zero-order valence-corrected chi connectivity index (χ0v) is 15.2. The second-order valence-corrected chi connectivity index (χ2v) is 6.27. The lowest BCUT2D eigenvalue weighted by Crippen LogP contribution is -2.51. The second kappa shape index (κ2) is 9.05. The van der Waals surface area contributed by atoms with E-state index in [0.717, 1.165) is 24.3 Å². The first-order valence-electron chi connectivity index (χ1n) is 8.76. The SMILES string of the molecule is COC1CN(c2ccc(NC(=O)CNC(=O)OCc3ccccc3)cc2)C1. The highest BCUT2D eigenvalue weighted by atomic mass is 16.5. The number of amides is 2. The maximum atomic E-state index is 12.0. The Hall–Kier alpha value is -3.06. The van der Waals surface area contributed by atoms with Gasteiger partial charge in [-0.1, -0.05) is 30.3 Å². The van der Waals surface area contributed by atoms with Gasteiger partial charge >= 0.3 is 6.09 Å². The van der Waals surface area contributed by atoms with Crippen molar-refractivity contribution in [3.63, 3.8) is 0 Å². The molecule has 1 fully saturated rings. The summed E-state index contributed by atoms with van der Waals surface area (Å²) in [6.45, 7) is 1.75. The number of rotatable bonds is 7. The van der Waals surface area contributed by atoms with Gasteiger partial charge < -0.3 is 25.0 Å². The van der Waals surface area contributed by atoms with Crippen LogP contribution in [0.25, 0.3) is 0 Å². The fraction of sp³-hybridized carbons (Fsp3) is 0.300. The number of nitrogens with zero attached hydrogens (tertiary/aromatic N) is 1. The molecule has 0 aromatic heterocycles. The van der Waals surface area contributed by atoms with E-state index in [-0.39, 0.29) is 25.2 Å². The van der Waals surface area contributed by atoms with E-state index in [2.05, 4.69) is 15.5 Å². The molecule has 2 amide bonds. The van der Waals surface area contributed by atoms with Crippen LogP contribution in [0.15, 0.2) is 54.6 Å². The molecule has 2 aromatic carbocycles. The predicted molar refractivity (Wildman–Crippen MR) is 103 cm³/mol. The van der Waals surface area contributed by atoms with E-state index >= 15 is 0 Å². The zero-order chi connectivity index (χ0) is 19.1. The third kappa shape index (κ3) is 5.46. The number of nitrogens with one attached hydrogen (secondary N) is 2. The van der Waals surface area contributed by atoms with E-state index in [1.54, 1.807) is 7.11 Å². The zero-order valence-electron chi connectivity index (χ0n) is 15.2. The average molecular weight is 369 g/mol. The summed E-state index contributed by atoms with van der Waals surface area (Å²) < 4.78 is 10.3. The van der Waals surface area contributed by atoms with Crippen LogP contribution < -0.4 is 15.5 Å². The number of carbonyl (C=O) groups excluding carboxylic acids is 2. The Balaban J connectivity index is 1.37. The molecule has 7 heteroatoms. The Kier molecular flexibility index (Phi) is 6.27. The standard InChI is InChI=1S/C20H23N3O4/c1-26-18-12-23(13-18)17-9-7-16(8-10-17)22-19(24)11-21-20(25)27-14-15-5-3-2-4-6-15/h2-10,18H,11-14H2,1H3,(H,21,25)(H,22,24). The minimum Gasteiger partial charge on any atom is -0.445 e. The van der Waals surface area contributed by atoms with E-state index in [0.29, 0.717) is 5.69 Å². The van der Waals surface area contributed by atoms with Crippen molar-refractivity contribution in [2.75, 3.05) is 37.0 Å². The van der Waals surface area contributed by atoms with E-state index in [1.165, 1.54) is 0 Å². The highest BCUT2D eigenvalue weighted by Gasteiger charge is 2.26. The van der Waals surface area contributed by atoms with E-state index in [9.17, 15) is 9.59 Å². The van der Waals surface area contributed by atoms with Crippen molar-refractivity contribution in [1.82, 2.24) is 5.32 Å². The fourth-order valence-electron chi connectivity index (χ4n) is 2.69. The van der Waals surface area contributed by atoms with Crippen LogP contribution in [0.4, 0.5) is 16.2 Å². The van der Waals surface area contributed by atoms with Crippen LogP contribution in [-0.2, 0) is 20.9 Å². The Morgan fingerprint density at radius 2 is 1.78 bits per heavy atom. The largest absolute Gasteiger partial charge is 0.445 e. The number of carbonyl (C=O) groups is 2. The van der Waals surface area contributed by atoms with Gasteiger partial charge in [0, 0.05) is 31.6 Å². The maximum absolute atomic E-state index is 12.0.